The Kier molecular flexibility index (Phi) is 13.3. The fraction of sp³-hybridized carbons (Fsp3) is 0.643. The fourth-order valence-corrected chi connectivity index (χ4v) is 0.249. The average Bonchev–Trinajstić information content (AvgIpc) is 2.00. The lowest BCUT2D eigenvalue weighted by molar-refractivity contribution is -0.114. The average molecular weight is 236 g/mol. The van der Waals surface area contributed by atoms with Crippen molar-refractivity contribution in [2.75, 3.05) is 0 Å². The number of nitrogens with zero attached hydrogens (tertiary/aromatic N) is 2. The van der Waals surface area contributed by atoms with Crippen LogP contribution in [0.15, 0.2) is 11.3 Å². The van der Waals surface area contributed by atoms with E-state index in [1.807, 2.05) is 0 Å². The van der Waals surface area contributed by atoms with Gasteiger partial charge in [0.05, 0.1) is 12.6 Å². The molecule has 0 rings (SSSR count). The molecule has 3 nitrogen and oxygen atoms in total. The standard InChI is InChI=1S/C6H6N2.C5H12.C3H6O/c1-5(2)6(4-7)8-3;1-5(2,3)4;1-3(2)4/h1-2H3;1-4H3;1-2H3. The van der Waals surface area contributed by atoms with Gasteiger partial charge in [0.25, 0.3) is 5.70 Å². The number of allylic oxidation sites excluding steroid dienone is 2. The van der Waals surface area contributed by atoms with Crippen molar-refractivity contribution in [3.05, 3.63) is 22.7 Å². The maximum atomic E-state index is 9.44. The van der Waals surface area contributed by atoms with Gasteiger partial charge in [-0.05, 0) is 19.3 Å². The second-order valence-electron chi connectivity index (χ2n) is 5.48. The van der Waals surface area contributed by atoms with Crippen molar-refractivity contribution in [3.63, 3.8) is 0 Å². The van der Waals surface area contributed by atoms with Crippen molar-refractivity contribution in [2.24, 2.45) is 5.41 Å². The number of ketones is 1. The molecule has 0 aliphatic rings. The first kappa shape index (κ1) is 20.8. The topological polar surface area (TPSA) is 45.2 Å². The molecule has 0 bridgehead atoms. The smallest absolute Gasteiger partial charge is 0.260 e. The van der Waals surface area contributed by atoms with Gasteiger partial charge >= 0.3 is 0 Å². The summed E-state index contributed by atoms with van der Waals surface area (Å²) in [4.78, 5) is 12.4. The zero-order chi connectivity index (χ0) is 14.6. The fourth-order valence-electron chi connectivity index (χ4n) is 0.249. The Morgan fingerprint density at radius 3 is 1.35 bits per heavy atom. The van der Waals surface area contributed by atoms with Crippen LogP contribution < -0.4 is 0 Å². The van der Waals surface area contributed by atoms with Crippen LogP contribution in [0.5, 0.6) is 0 Å². The highest BCUT2D eigenvalue weighted by Crippen LogP contribution is 2.08. The van der Waals surface area contributed by atoms with Crippen LogP contribution in [0.25, 0.3) is 4.85 Å². The predicted molar refractivity (Wildman–Crippen MR) is 72.1 cm³/mol. The van der Waals surface area contributed by atoms with Crippen molar-refractivity contribution >= 4 is 5.78 Å². The van der Waals surface area contributed by atoms with Crippen molar-refractivity contribution in [2.45, 2.75) is 55.4 Å². The van der Waals surface area contributed by atoms with Gasteiger partial charge in [-0.15, -0.1) is 0 Å². The van der Waals surface area contributed by atoms with Gasteiger partial charge < -0.3 is 4.79 Å². The van der Waals surface area contributed by atoms with E-state index in [-0.39, 0.29) is 11.5 Å². The molecule has 0 spiro atoms. The van der Waals surface area contributed by atoms with Crippen LogP contribution in [-0.4, -0.2) is 5.78 Å². The van der Waals surface area contributed by atoms with Crippen molar-refractivity contribution in [1.29, 1.82) is 5.26 Å². The zero-order valence-electron chi connectivity index (χ0n) is 12.3. The van der Waals surface area contributed by atoms with Crippen LogP contribution in [-0.2, 0) is 4.79 Å². The first-order valence-electron chi connectivity index (χ1n) is 5.37. The zero-order valence-corrected chi connectivity index (χ0v) is 12.3. The van der Waals surface area contributed by atoms with Crippen LogP contribution >= 0.6 is 0 Å². The lowest BCUT2D eigenvalue weighted by Crippen LogP contribution is -1.93. The summed E-state index contributed by atoms with van der Waals surface area (Å²) in [5.41, 5.74) is 1.48. The third-order valence-electron chi connectivity index (χ3n) is 0.691. The van der Waals surface area contributed by atoms with E-state index in [0.717, 1.165) is 5.57 Å². The summed E-state index contributed by atoms with van der Waals surface area (Å²) >= 11 is 0. The Morgan fingerprint density at radius 2 is 1.35 bits per heavy atom. The maximum absolute atomic E-state index is 9.44. The second-order valence-corrected chi connectivity index (χ2v) is 5.48. The van der Waals surface area contributed by atoms with E-state index in [4.69, 9.17) is 11.8 Å². The minimum Gasteiger partial charge on any atom is -0.300 e. The Bertz CT molecular complexity index is 303. The molecular weight excluding hydrogens is 212 g/mol. The van der Waals surface area contributed by atoms with Crippen LogP contribution in [0.1, 0.15) is 55.4 Å². The Morgan fingerprint density at radius 1 is 1.12 bits per heavy atom. The summed E-state index contributed by atoms with van der Waals surface area (Å²) in [6.45, 7) is 21.7. The Hall–Kier alpha value is -1.61. The number of rotatable bonds is 0. The Labute approximate surface area is 106 Å². The quantitative estimate of drug-likeness (QED) is 0.463. The van der Waals surface area contributed by atoms with Gasteiger partial charge in [0.15, 0.2) is 0 Å². The van der Waals surface area contributed by atoms with Gasteiger partial charge in [0, 0.05) is 0 Å². The van der Waals surface area contributed by atoms with Gasteiger partial charge in [-0.2, -0.15) is 0 Å². The largest absolute Gasteiger partial charge is 0.300 e. The van der Waals surface area contributed by atoms with E-state index < -0.39 is 0 Å². The van der Waals surface area contributed by atoms with E-state index >= 15 is 0 Å². The molecule has 0 aromatic rings. The van der Waals surface area contributed by atoms with E-state index in [0.29, 0.717) is 5.41 Å². The normalized spacial score (nSPS) is 8.12. The van der Waals surface area contributed by atoms with Crippen LogP contribution in [0.3, 0.4) is 0 Å². The molecule has 0 N–H and O–H groups in total. The molecule has 0 aromatic heterocycles. The molecule has 0 aliphatic heterocycles. The maximum Gasteiger partial charge on any atom is 0.260 e. The first-order chi connectivity index (χ1) is 7.45. The molecule has 0 unspecified atom stereocenters. The molecule has 0 radical (unpaired) electrons. The highest BCUT2D eigenvalue weighted by molar-refractivity contribution is 5.72. The number of carbonyl (C=O) groups is 1. The minimum absolute atomic E-state index is 0.167. The molecule has 0 atom stereocenters. The highest BCUT2D eigenvalue weighted by Gasteiger charge is 1.95. The van der Waals surface area contributed by atoms with Crippen molar-refractivity contribution in [1.82, 2.24) is 0 Å². The molecule has 96 valence electrons. The van der Waals surface area contributed by atoms with E-state index in [2.05, 4.69) is 32.5 Å². The third-order valence-corrected chi connectivity index (χ3v) is 0.691. The van der Waals surface area contributed by atoms with Crippen LogP contribution in [0, 0.1) is 23.3 Å². The van der Waals surface area contributed by atoms with Gasteiger partial charge in [-0.1, -0.05) is 47.1 Å². The third kappa shape index (κ3) is 54.1. The summed E-state index contributed by atoms with van der Waals surface area (Å²) in [7, 11) is 0. The van der Waals surface area contributed by atoms with Crippen LogP contribution in [0.2, 0.25) is 0 Å². The molecule has 0 amide bonds. The number of Topliss-reactive ketones (excluding diaryl/α,β-unsaturated/α-hetero) is 1. The van der Waals surface area contributed by atoms with Crippen molar-refractivity contribution < 1.29 is 4.79 Å². The van der Waals surface area contributed by atoms with Gasteiger partial charge in [-0.3, -0.25) is 0 Å². The lowest BCUT2D eigenvalue weighted by atomic mass is 10.0. The van der Waals surface area contributed by atoms with E-state index in [1.54, 1.807) is 19.9 Å². The molecule has 3 heteroatoms. The van der Waals surface area contributed by atoms with E-state index in [9.17, 15) is 4.79 Å². The molecule has 17 heavy (non-hydrogen) atoms. The number of nitriles is 1. The first-order valence-corrected chi connectivity index (χ1v) is 5.37. The molecular formula is C14H24N2O. The van der Waals surface area contributed by atoms with Gasteiger partial charge in [-0.25, -0.2) is 10.1 Å². The number of hydrogen-bond acceptors (Lipinski definition) is 2. The summed E-state index contributed by atoms with van der Waals surface area (Å²) in [5, 5.41) is 8.17. The Balaban J connectivity index is -0.000000188. The molecule has 0 saturated heterocycles. The summed E-state index contributed by atoms with van der Waals surface area (Å²) in [5.74, 6) is 0.167. The second kappa shape index (κ2) is 10.9. The molecule has 0 aromatic carbocycles. The van der Waals surface area contributed by atoms with Gasteiger partial charge in [0.2, 0.25) is 0 Å². The molecule has 0 saturated carbocycles. The summed E-state index contributed by atoms with van der Waals surface area (Å²) < 4.78 is 0. The molecule has 0 fully saturated rings. The lowest BCUT2D eigenvalue weighted by Gasteiger charge is -2.05. The number of hydrogen-bond donors (Lipinski definition) is 0. The summed E-state index contributed by atoms with van der Waals surface area (Å²) in [6, 6.07) is 1.78. The minimum atomic E-state index is 0.167. The SMILES string of the molecule is CC(C)(C)C.CC(C)=O.[C-]#[N+]C(C#N)=C(C)C. The predicted octanol–water partition coefficient (Wildman–Crippen LogP) is 4.37. The molecule has 0 heterocycles. The van der Waals surface area contributed by atoms with E-state index in [1.165, 1.54) is 13.8 Å². The summed E-state index contributed by atoms with van der Waals surface area (Å²) in [6.07, 6.45) is 0. The van der Waals surface area contributed by atoms with Gasteiger partial charge in [0.1, 0.15) is 5.78 Å². The number of carbonyl (C=O) groups excluding carboxylic acids is 1. The molecule has 0 aliphatic carbocycles. The van der Waals surface area contributed by atoms with Crippen LogP contribution in [0.4, 0.5) is 0 Å². The monoisotopic (exact) mass is 236 g/mol. The highest BCUT2D eigenvalue weighted by atomic mass is 16.1. The van der Waals surface area contributed by atoms with Crippen molar-refractivity contribution in [3.8, 4) is 6.07 Å².